The predicted molar refractivity (Wildman–Crippen MR) is 80.0 cm³/mol. The minimum absolute atomic E-state index is 0.0493. The van der Waals surface area contributed by atoms with Gasteiger partial charge in [-0.05, 0) is 37.8 Å². The Bertz CT molecular complexity index is 660. The van der Waals surface area contributed by atoms with Gasteiger partial charge >= 0.3 is 5.69 Å². The third kappa shape index (κ3) is 1.90. The van der Waals surface area contributed by atoms with Gasteiger partial charge in [0.1, 0.15) is 0 Å². The molecular formula is C16H21N3O. The summed E-state index contributed by atoms with van der Waals surface area (Å²) in [5.41, 5.74) is 2.06. The summed E-state index contributed by atoms with van der Waals surface area (Å²) in [7, 11) is 0. The molecule has 1 aromatic carbocycles. The van der Waals surface area contributed by atoms with Crippen LogP contribution < -0.4 is 5.69 Å². The standard InChI is InChI=1S/C16H21N3O/c20-16-17-14-6-1-2-7-15(14)19(16)13-8-10-18(11-9-13)12-4-3-5-12/h1-2,6-7,12-13H,3-5,8-11H2,(H,17,20). The van der Waals surface area contributed by atoms with Crippen molar-refractivity contribution >= 4 is 11.0 Å². The molecule has 4 heteroatoms. The van der Waals surface area contributed by atoms with Crippen molar-refractivity contribution in [2.24, 2.45) is 0 Å². The lowest BCUT2D eigenvalue weighted by Gasteiger charge is -2.41. The number of para-hydroxylation sites is 2. The highest BCUT2D eigenvalue weighted by Crippen LogP contribution is 2.31. The van der Waals surface area contributed by atoms with Gasteiger partial charge in [-0.2, -0.15) is 0 Å². The molecule has 0 atom stereocenters. The molecule has 2 aromatic rings. The SMILES string of the molecule is O=c1[nH]c2ccccc2n1C1CCN(C2CCC2)CC1. The van der Waals surface area contributed by atoms with E-state index in [0.29, 0.717) is 6.04 Å². The number of benzene rings is 1. The minimum atomic E-state index is 0.0493. The fourth-order valence-corrected chi connectivity index (χ4v) is 3.70. The van der Waals surface area contributed by atoms with Crippen molar-refractivity contribution in [1.82, 2.24) is 14.5 Å². The van der Waals surface area contributed by atoms with Crippen LogP contribution in [0, 0.1) is 0 Å². The molecule has 4 rings (SSSR count). The predicted octanol–water partition coefficient (Wildman–Crippen LogP) is 2.52. The molecule has 2 aliphatic rings. The number of H-pyrrole nitrogens is 1. The minimum Gasteiger partial charge on any atom is -0.306 e. The van der Waals surface area contributed by atoms with Gasteiger partial charge in [0, 0.05) is 25.2 Å². The van der Waals surface area contributed by atoms with Crippen molar-refractivity contribution < 1.29 is 0 Å². The first-order valence-electron chi connectivity index (χ1n) is 7.76. The molecule has 1 aromatic heterocycles. The number of rotatable bonds is 2. The van der Waals surface area contributed by atoms with Crippen LogP contribution in [-0.2, 0) is 0 Å². The van der Waals surface area contributed by atoms with Crippen LogP contribution in [0.2, 0.25) is 0 Å². The second-order valence-corrected chi connectivity index (χ2v) is 6.17. The summed E-state index contributed by atoms with van der Waals surface area (Å²) >= 11 is 0. The van der Waals surface area contributed by atoms with E-state index in [1.54, 1.807) is 0 Å². The molecule has 1 N–H and O–H groups in total. The highest BCUT2D eigenvalue weighted by atomic mass is 16.1. The van der Waals surface area contributed by atoms with E-state index in [1.165, 1.54) is 19.3 Å². The highest BCUT2D eigenvalue weighted by molar-refractivity contribution is 5.75. The fourth-order valence-electron chi connectivity index (χ4n) is 3.70. The van der Waals surface area contributed by atoms with Gasteiger partial charge in [-0.25, -0.2) is 4.79 Å². The van der Waals surface area contributed by atoms with Crippen molar-refractivity contribution in [3.8, 4) is 0 Å². The second kappa shape index (κ2) is 4.77. The van der Waals surface area contributed by atoms with E-state index < -0.39 is 0 Å². The van der Waals surface area contributed by atoms with E-state index in [-0.39, 0.29) is 5.69 Å². The van der Waals surface area contributed by atoms with E-state index in [2.05, 4.69) is 9.88 Å². The number of fused-ring (bicyclic) bond motifs is 1. The van der Waals surface area contributed by atoms with Crippen LogP contribution in [0.3, 0.4) is 0 Å². The lowest BCUT2D eigenvalue weighted by atomic mass is 9.89. The molecule has 0 amide bonds. The van der Waals surface area contributed by atoms with Crippen LogP contribution in [-0.4, -0.2) is 33.6 Å². The zero-order valence-corrected chi connectivity index (χ0v) is 11.7. The average Bonchev–Trinajstić information content (AvgIpc) is 2.74. The van der Waals surface area contributed by atoms with Gasteiger partial charge in [-0.15, -0.1) is 0 Å². The van der Waals surface area contributed by atoms with Crippen LogP contribution >= 0.6 is 0 Å². The summed E-state index contributed by atoms with van der Waals surface area (Å²) in [6.07, 6.45) is 6.33. The third-order valence-electron chi connectivity index (χ3n) is 5.08. The Balaban J connectivity index is 1.58. The zero-order valence-electron chi connectivity index (χ0n) is 11.7. The van der Waals surface area contributed by atoms with Crippen LogP contribution in [0.1, 0.15) is 38.1 Å². The second-order valence-electron chi connectivity index (χ2n) is 6.17. The zero-order chi connectivity index (χ0) is 13.5. The monoisotopic (exact) mass is 271 g/mol. The Morgan fingerprint density at radius 1 is 1.00 bits per heavy atom. The maximum atomic E-state index is 12.2. The Morgan fingerprint density at radius 3 is 2.45 bits per heavy atom. The Kier molecular flexibility index (Phi) is 2.91. The molecule has 1 saturated carbocycles. The number of nitrogens with one attached hydrogen (secondary N) is 1. The highest BCUT2D eigenvalue weighted by Gasteiger charge is 2.30. The van der Waals surface area contributed by atoms with Gasteiger partial charge in [0.05, 0.1) is 11.0 Å². The maximum absolute atomic E-state index is 12.2. The molecule has 20 heavy (non-hydrogen) atoms. The van der Waals surface area contributed by atoms with Crippen molar-refractivity contribution in [3.63, 3.8) is 0 Å². The van der Waals surface area contributed by atoms with Crippen LogP contribution in [0.25, 0.3) is 11.0 Å². The lowest BCUT2D eigenvalue weighted by molar-refractivity contribution is 0.0868. The smallest absolute Gasteiger partial charge is 0.306 e. The Morgan fingerprint density at radius 2 is 1.75 bits per heavy atom. The van der Waals surface area contributed by atoms with Crippen LogP contribution in [0.5, 0.6) is 0 Å². The van der Waals surface area contributed by atoms with E-state index in [4.69, 9.17) is 0 Å². The number of imidazole rings is 1. The lowest BCUT2D eigenvalue weighted by Crippen LogP contribution is -2.45. The summed E-state index contributed by atoms with van der Waals surface area (Å²) in [4.78, 5) is 17.8. The molecule has 4 nitrogen and oxygen atoms in total. The van der Waals surface area contributed by atoms with Gasteiger partial charge in [0.15, 0.2) is 0 Å². The maximum Gasteiger partial charge on any atom is 0.326 e. The van der Waals surface area contributed by atoms with E-state index in [0.717, 1.165) is 43.0 Å². The number of hydrogen-bond donors (Lipinski definition) is 1. The topological polar surface area (TPSA) is 41.0 Å². The quantitative estimate of drug-likeness (QED) is 0.912. The van der Waals surface area contributed by atoms with Gasteiger partial charge < -0.3 is 9.88 Å². The van der Waals surface area contributed by atoms with Crippen molar-refractivity contribution in [2.75, 3.05) is 13.1 Å². The molecule has 1 aliphatic carbocycles. The van der Waals surface area contributed by atoms with Crippen LogP contribution in [0.4, 0.5) is 0 Å². The summed E-state index contributed by atoms with van der Waals surface area (Å²) in [6.45, 7) is 2.28. The van der Waals surface area contributed by atoms with Gasteiger partial charge in [-0.3, -0.25) is 4.57 Å². The fraction of sp³-hybridized carbons (Fsp3) is 0.562. The first-order valence-corrected chi connectivity index (χ1v) is 7.76. The van der Waals surface area contributed by atoms with E-state index >= 15 is 0 Å². The normalized spacial score (nSPS) is 22.2. The Labute approximate surface area is 118 Å². The van der Waals surface area contributed by atoms with E-state index in [1.807, 2.05) is 28.8 Å². The molecule has 0 radical (unpaired) electrons. The van der Waals surface area contributed by atoms with Crippen molar-refractivity contribution in [3.05, 3.63) is 34.7 Å². The number of hydrogen-bond acceptors (Lipinski definition) is 2. The molecular weight excluding hydrogens is 250 g/mol. The molecule has 0 bridgehead atoms. The summed E-state index contributed by atoms with van der Waals surface area (Å²) < 4.78 is 1.98. The molecule has 2 heterocycles. The first-order chi connectivity index (χ1) is 9.83. The van der Waals surface area contributed by atoms with Gasteiger partial charge in [-0.1, -0.05) is 18.6 Å². The molecule has 1 saturated heterocycles. The number of aromatic amines is 1. The average molecular weight is 271 g/mol. The van der Waals surface area contributed by atoms with Crippen molar-refractivity contribution in [2.45, 2.75) is 44.2 Å². The van der Waals surface area contributed by atoms with Gasteiger partial charge in [0.2, 0.25) is 0 Å². The molecule has 1 aliphatic heterocycles. The number of piperidine rings is 1. The van der Waals surface area contributed by atoms with E-state index in [9.17, 15) is 4.79 Å². The van der Waals surface area contributed by atoms with Gasteiger partial charge in [0.25, 0.3) is 0 Å². The number of nitrogens with zero attached hydrogens (tertiary/aromatic N) is 2. The largest absolute Gasteiger partial charge is 0.326 e. The summed E-state index contributed by atoms with van der Waals surface area (Å²) in [6, 6.07) is 9.20. The number of aromatic nitrogens is 2. The van der Waals surface area contributed by atoms with Crippen molar-refractivity contribution in [1.29, 1.82) is 0 Å². The summed E-state index contributed by atoms with van der Waals surface area (Å²) in [5.74, 6) is 0. The Hall–Kier alpha value is -1.55. The molecule has 106 valence electrons. The molecule has 2 fully saturated rings. The molecule has 0 unspecified atom stereocenters. The molecule has 0 spiro atoms. The van der Waals surface area contributed by atoms with Crippen LogP contribution in [0.15, 0.2) is 29.1 Å². The number of likely N-dealkylation sites (tertiary alicyclic amines) is 1. The summed E-state index contributed by atoms with van der Waals surface area (Å²) in [5, 5.41) is 0. The first kappa shape index (κ1) is 12.2. The third-order valence-corrected chi connectivity index (χ3v) is 5.08.